The summed E-state index contributed by atoms with van der Waals surface area (Å²) in [6, 6.07) is 3.75. The summed E-state index contributed by atoms with van der Waals surface area (Å²) in [5.41, 5.74) is 8.06. The van der Waals surface area contributed by atoms with Crippen LogP contribution in [0, 0.1) is 0 Å². The van der Waals surface area contributed by atoms with Crippen molar-refractivity contribution in [3.8, 4) is 0 Å². The second-order valence-electron chi connectivity index (χ2n) is 3.11. The maximum absolute atomic E-state index is 5.90. The number of hydrogen-bond acceptors (Lipinski definition) is 1. The van der Waals surface area contributed by atoms with Gasteiger partial charge in [-0.3, -0.25) is 0 Å². The Morgan fingerprint density at radius 1 is 1.31 bits per heavy atom. The third kappa shape index (κ3) is 2.37. The first kappa shape index (κ1) is 10.8. The van der Waals surface area contributed by atoms with Crippen LogP contribution in [0.3, 0.4) is 0 Å². The molecule has 0 aliphatic rings. The van der Waals surface area contributed by atoms with Crippen molar-refractivity contribution in [3.05, 3.63) is 33.3 Å². The van der Waals surface area contributed by atoms with Crippen LogP contribution >= 0.6 is 23.2 Å². The van der Waals surface area contributed by atoms with Gasteiger partial charge in [-0.1, -0.05) is 30.1 Å². The van der Waals surface area contributed by atoms with Gasteiger partial charge in [-0.05, 0) is 36.6 Å². The van der Waals surface area contributed by atoms with Crippen LogP contribution in [0.1, 0.15) is 31.0 Å². The minimum atomic E-state index is 0.00437. The van der Waals surface area contributed by atoms with E-state index < -0.39 is 0 Å². The molecule has 1 aromatic rings. The molecule has 1 atom stereocenters. The summed E-state index contributed by atoms with van der Waals surface area (Å²) in [6.45, 7) is 4.02. The van der Waals surface area contributed by atoms with Crippen LogP contribution in [0.4, 0.5) is 0 Å². The molecular weight excluding hydrogens is 205 g/mol. The van der Waals surface area contributed by atoms with Crippen LogP contribution < -0.4 is 5.73 Å². The Hall–Kier alpha value is -0.240. The van der Waals surface area contributed by atoms with Gasteiger partial charge in [0, 0.05) is 6.04 Å². The van der Waals surface area contributed by atoms with Crippen LogP contribution in [0.2, 0.25) is 10.0 Å². The molecule has 0 bridgehead atoms. The lowest BCUT2D eigenvalue weighted by atomic mass is 10.0. The maximum atomic E-state index is 5.90. The molecule has 0 aromatic heterocycles. The van der Waals surface area contributed by atoms with Crippen molar-refractivity contribution in [2.24, 2.45) is 5.73 Å². The van der Waals surface area contributed by atoms with Crippen molar-refractivity contribution in [3.63, 3.8) is 0 Å². The van der Waals surface area contributed by atoms with E-state index in [-0.39, 0.29) is 6.04 Å². The van der Waals surface area contributed by atoms with Crippen molar-refractivity contribution in [2.45, 2.75) is 26.3 Å². The molecule has 0 heterocycles. The van der Waals surface area contributed by atoms with Gasteiger partial charge in [-0.2, -0.15) is 0 Å². The van der Waals surface area contributed by atoms with Gasteiger partial charge < -0.3 is 5.73 Å². The monoisotopic (exact) mass is 217 g/mol. The molecule has 0 saturated heterocycles. The van der Waals surface area contributed by atoms with Crippen molar-refractivity contribution >= 4 is 23.2 Å². The highest BCUT2D eigenvalue weighted by molar-refractivity contribution is 6.42. The molecule has 0 amide bonds. The minimum Gasteiger partial charge on any atom is -0.324 e. The molecule has 1 nitrogen and oxygen atoms in total. The fourth-order valence-electron chi connectivity index (χ4n) is 1.33. The van der Waals surface area contributed by atoms with E-state index in [2.05, 4.69) is 6.92 Å². The van der Waals surface area contributed by atoms with E-state index in [0.29, 0.717) is 10.0 Å². The first-order valence-corrected chi connectivity index (χ1v) is 5.05. The molecule has 0 radical (unpaired) electrons. The third-order valence-corrected chi connectivity index (χ3v) is 2.78. The average Bonchev–Trinajstić information content (AvgIpc) is 2.08. The maximum Gasteiger partial charge on any atom is 0.0595 e. The van der Waals surface area contributed by atoms with Gasteiger partial charge in [0.1, 0.15) is 0 Å². The molecule has 1 aromatic carbocycles. The van der Waals surface area contributed by atoms with E-state index >= 15 is 0 Å². The van der Waals surface area contributed by atoms with E-state index in [1.54, 1.807) is 0 Å². The number of halogens is 2. The van der Waals surface area contributed by atoms with Gasteiger partial charge in [-0.15, -0.1) is 0 Å². The molecule has 1 rings (SSSR count). The first-order valence-electron chi connectivity index (χ1n) is 4.29. The SMILES string of the molecule is CCc1cc(Cl)c(Cl)cc1[C@@H](C)N. The Kier molecular flexibility index (Phi) is 3.60. The molecule has 0 aliphatic heterocycles. The number of benzene rings is 1. The van der Waals surface area contributed by atoms with Crippen LogP contribution in [0.15, 0.2) is 12.1 Å². The first-order chi connectivity index (χ1) is 6.06. The molecule has 72 valence electrons. The fraction of sp³-hybridized carbons (Fsp3) is 0.400. The number of rotatable bonds is 2. The molecule has 0 aliphatic carbocycles. The lowest BCUT2D eigenvalue weighted by molar-refractivity contribution is 0.801. The summed E-state index contributed by atoms with van der Waals surface area (Å²) in [5, 5.41) is 1.18. The molecule has 0 saturated carbocycles. The Morgan fingerprint density at radius 3 is 2.31 bits per heavy atom. The van der Waals surface area contributed by atoms with Crippen molar-refractivity contribution in [1.82, 2.24) is 0 Å². The molecule has 0 spiro atoms. The third-order valence-electron chi connectivity index (χ3n) is 2.05. The normalized spacial score (nSPS) is 13.0. The van der Waals surface area contributed by atoms with Gasteiger partial charge >= 0.3 is 0 Å². The molecule has 2 N–H and O–H groups in total. The fourth-order valence-corrected chi connectivity index (χ4v) is 1.69. The second kappa shape index (κ2) is 4.32. The van der Waals surface area contributed by atoms with Gasteiger partial charge in [0.15, 0.2) is 0 Å². The Bertz CT molecular complexity index is 308. The van der Waals surface area contributed by atoms with Crippen molar-refractivity contribution < 1.29 is 0 Å². The molecular formula is C10H13Cl2N. The van der Waals surface area contributed by atoms with E-state index in [1.165, 1.54) is 5.56 Å². The zero-order chi connectivity index (χ0) is 10.0. The highest BCUT2D eigenvalue weighted by Crippen LogP contribution is 2.28. The minimum absolute atomic E-state index is 0.00437. The predicted octanol–water partition coefficient (Wildman–Crippen LogP) is 3.58. The quantitative estimate of drug-likeness (QED) is 0.806. The number of nitrogens with two attached hydrogens (primary N) is 1. The lowest BCUT2D eigenvalue weighted by Crippen LogP contribution is -2.08. The highest BCUT2D eigenvalue weighted by Gasteiger charge is 2.08. The van der Waals surface area contributed by atoms with E-state index in [4.69, 9.17) is 28.9 Å². The van der Waals surface area contributed by atoms with Gasteiger partial charge in [0.05, 0.1) is 10.0 Å². The van der Waals surface area contributed by atoms with Crippen LogP contribution in [0.5, 0.6) is 0 Å². The van der Waals surface area contributed by atoms with Crippen LogP contribution in [-0.4, -0.2) is 0 Å². The predicted molar refractivity (Wildman–Crippen MR) is 58.4 cm³/mol. The lowest BCUT2D eigenvalue weighted by Gasteiger charge is -2.12. The summed E-state index contributed by atoms with van der Waals surface area (Å²) in [6.07, 6.45) is 0.924. The summed E-state index contributed by atoms with van der Waals surface area (Å²) in [5.74, 6) is 0. The largest absolute Gasteiger partial charge is 0.324 e. The van der Waals surface area contributed by atoms with E-state index in [9.17, 15) is 0 Å². The summed E-state index contributed by atoms with van der Waals surface area (Å²) in [7, 11) is 0. The Labute approximate surface area is 88.8 Å². The summed E-state index contributed by atoms with van der Waals surface area (Å²) in [4.78, 5) is 0. The average molecular weight is 218 g/mol. The Morgan fingerprint density at radius 2 is 1.85 bits per heavy atom. The number of aryl methyl sites for hydroxylation is 1. The second-order valence-corrected chi connectivity index (χ2v) is 3.92. The molecule has 0 unspecified atom stereocenters. The zero-order valence-corrected chi connectivity index (χ0v) is 9.28. The summed E-state index contributed by atoms with van der Waals surface area (Å²) < 4.78 is 0. The van der Waals surface area contributed by atoms with Crippen molar-refractivity contribution in [1.29, 1.82) is 0 Å². The Balaban J connectivity index is 3.25. The van der Waals surface area contributed by atoms with Crippen LogP contribution in [0.25, 0.3) is 0 Å². The molecule has 0 fully saturated rings. The van der Waals surface area contributed by atoms with Gasteiger partial charge in [0.25, 0.3) is 0 Å². The molecule has 3 heteroatoms. The highest BCUT2D eigenvalue weighted by atomic mass is 35.5. The smallest absolute Gasteiger partial charge is 0.0595 e. The van der Waals surface area contributed by atoms with Crippen molar-refractivity contribution in [2.75, 3.05) is 0 Å². The van der Waals surface area contributed by atoms with E-state index in [0.717, 1.165) is 12.0 Å². The standard InChI is InChI=1S/C10H13Cl2N/c1-3-7-4-9(11)10(12)5-8(7)6(2)13/h4-6H,3,13H2,1-2H3/t6-/m1/s1. The molecule has 13 heavy (non-hydrogen) atoms. The van der Waals surface area contributed by atoms with Gasteiger partial charge in [-0.25, -0.2) is 0 Å². The van der Waals surface area contributed by atoms with Gasteiger partial charge in [0.2, 0.25) is 0 Å². The zero-order valence-electron chi connectivity index (χ0n) is 7.77. The summed E-state index contributed by atoms with van der Waals surface area (Å²) >= 11 is 11.8. The topological polar surface area (TPSA) is 26.0 Å². The van der Waals surface area contributed by atoms with E-state index in [1.807, 2.05) is 19.1 Å². The van der Waals surface area contributed by atoms with Crippen LogP contribution in [-0.2, 0) is 6.42 Å². The number of hydrogen-bond donors (Lipinski definition) is 1.